The molecule has 1 aromatic heterocycles. The minimum absolute atomic E-state index is 0.249. The maximum absolute atomic E-state index is 8.81. The molecule has 0 saturated heterocycles. The van der Waals surface area contributed by atoms with Crippen LogP contribution in [0.4, 0.5) is 0 Å². The Balaban J connectivity index is 2.22. The Labute approximate surface area is 95.6 Å². The number of pyridine rings is 1. The van der Waals surface area contributed by atoms with Crippen LogP contribution in [0.2, 0.25) is 0 Å². The number of hydrogen-bond donors (Lipinski definition) is 1. The molecule has 1 heterocycles. The fraction of sp³-hybridized carbons (Fsp3) is 0.214. The van der Waals surface area contributed by atoms with Crippen molar-refractivity contribution in [3.63, 3.8) is 0 Å². The first kappa shape index (κ1) is 10.8. The molecule has 0 unspecified atom stereocenters. The summed E-state index contributed by atoms with van der Waals surface area (Å²) in [6.07, 6.45) is 5.35. The van der Waals surface area contributed by atoms with E-state index in [1.165, 1.54) is 16.7 Å². The molecule has 0 spiro atoms. The van der Waals surface area contributed by atoms with Crippen molar-refractivity contribution in [1.82, 2.24) is 4.98 Å². The molecule has 1 N–H and O–H groups in total. The molecule has 2 heteroatoms. The van der Waals surface area contributed by atoms with Crippen LogP contribution in [-0.4, -0.2) is 16.7 Å². The van der Waals surface area contributed by atoms with Crippen molar-refractivity contribution in [1.29, 1.82) is 0 Å². The van der Waals surface area contributed by atoms with Gasteiger partial charge in [-0.3, -0.25) is 4.98 Å². The Morgan fingerprint density at radius 1 is 1.00 bits per heavy atom. The van der Waals surface area contributed by atoms with E-state index >= 15 is 0 Å². The number of hydrogen-bond acceptors (Lipinski definition) is 2. The minimum atomic E-state index is 0.249. The van der Waals surface area contributed by atoms with Crippen LogP contribution in [0.3, 0.4) is 0 Å². The van der Waals surface area contributed by atoms with Crippen LogP contribution >= 0.6 is 0 Å². The average molecular weight is 213 g/mol. The van der Waals surface area contributed by atoms with Crippen molar-refractivity contribution in [2.45, 2.75) is 12.8 Å². The minimum Gasteiger partial charge on any atom is -0.396 e. The topological polar surface area (TPSA) is 33.1 Å². The normalized spacial score (nSPS) is 10.3. The van der Waals surface area contributed by atoms with E-state index in [9.17, 15) is 0 Å². The molecule has 1 aromatic carbocycles. The highest BCUT2D eigenvalue weighted by Gasteiger charge is 1.98. The van der Waals surface area contributed by atoms with Crippen molar-refractivity contribution >= 4 is 0 Å². The summed E-state index contributed by atoms with van der Waals surface area (Å²) >= 11 is 0. The highest BCUT2D eigenvalue weighted by molar-refractivity contribution is 5.63. The quantitative estimate of drug-likeness (QED) is 0.847. The zero-order chi connectivity index (χ0) is 11.2. The van der Waals surface area contributed by atoms with E-state index < -0.39 is 0 Å². The van der Waals surface area contributed by atoms with Gasteiger partial charge in [0.2, 0.25) is 0 Å². The molecule has 0 fully saturated rings. The fourth-order valence-electron chi connectivity index (χ4n) is 1.73. The summed E-state index contributed by atoms with van der Waals surface area (Å²) in [6, 6.07) is 12.4. The SMILES string of the molecule is OCCCc1cccc(-c2ccncc2)c1. The van der Waals surface area contributed by atoms with Crippen molar-refractivity contribution in [3.05, 3.63) is 54.4 Å². The van der Waals surface area contributed by atoms with Crippen LogP contribution in [0.15, 0.2) is 48.8 Å². The Kier molecular flexibility index (Phi) is 3.67. The van der Waals surface area contributed by atoms with Crippen LogP contribution in [0, 0.1) is 0 Å². The summed E-state index contributed by atoms with van der Waals surface area (Å²) < 4.78 is 0. The van der Waals surface area contributed by atoms with E-state index in [1.54, 1.807) is 12.4 Å². The highest BCUT2D eigenvalue weighted by atomic mass is 16.2. The van der Waals surface area contributed by atoms with Gasteiger partial charge in [-0.15, -0.1) is 0 Å². The Bertz CT molecular complexity index is 439. The van der Waals surface area contributed by atoms with Crippen molar-refractivity contribution in [2.75, 3.05) is 6.61 Å². The van der Waals surface area contributed by atoms with E-state index in [-0.39, 0.29) is 6.61 Å². The van der Waals surface area contributed by atoms with Crippen LogP contribution < -0.4 is 0 Å². The monoisotopic (exact) mass is 213 g/mol. The van der Waals surface area contributed by atoms with Gasteiger partial charge < -0.3 is 5.11 Å². The lowest BCUT2D eigenvalue weighted by Crippen LogP contribution is -1.89. The molecule has 0 aliphatic heterocycles. The lowest BCUT2D eigenvalue weighted by Gasteiger charge is -2.04. The molecule has 0 bridgehead atoms. The molecular formula is C14H15NO. The van der Waals surface area contributed by atoms with Gasteiger partial charge in [-0.05, 0) is 41.7 Å². The Hall–Kier alpha value is -1.67. The summed E-state index contributed by atoms with van der Waals surface area (Å²) in [5.74, 6) is 0. The first-order valence-electron chi connectivity index (χ1n) is 5.50. The molecule has 0 amide bonds. The summed E-state index contributed by atoms with van der Waals surface area (Å²) in [5, 5.41) is 8.81. The second-order valence-electron chi connectivity index (χ2n) is 3.76. The highest BCUT2D eigenvalue weighted by Crippen LogP contribution is 2.19. The third-order valence-corrected chi connectivity index (χ3v) is 2.56. The van der Waals surface area contributed by atoms with E-state index in [0.717, 1.165) is 12.8 Å². The van der Waals surface area contributed by atoms with Crippen LogP contribution in [0.25, 0.3) is 11.1 Å². The summed E-state index contributed by atoms with van der Waals surface area (Å²) in [6.45, 7) is 0.249. The molecule has 0 aliphatic carbocycles. The van der Waals surface area contributed by atoms with Crippen LogP contribution in [-0.2, 0) is 6.42 Å². The first-order chi connectivity index (χ1) is 7.90. The van der Waals surface area contributed by atoms with Crippen LogP contribution in [0.1, 0.15) is 12.0 Å². The summed E-state index contributed by atoms with van der Waals surface area (Å²) in [5.41, 5.74) is 3.65. The predicted molar refractivity (Wildman–Crippen MR) is 65.1 cm³/mol. The zero-order valence-corrected chi connectivity index (χ0v) is 9.13. The number of aliphatic hydroxyl groups excluding tert-OH is 1. The molecule has 2 aromatic rings. The molecule has 0 aliphatic rings. The predicted octanol–water partition coefficient (Wildman–Crippen LogP) is 2.67. The fourth-order valence-corrected chi connectivity index (χ4v) is 1.73. The van der Waals surface area contributed by atoms with Gasteiger partial charge in [-0.2, -0.15) is 0 Å². The van der Waals surface area contributed by atoms with Crippen molar-refractivity contribution < 1.29 is 5.11 Å². The molecule has 0 radical (unpaired) electrons. The van der Waals surface area contributed by atoms with E-state index in [2.05, 4.69) is 29.2 Å². The van der Waals surface area contributed by atoms with Gasteiger partial charge in [-0.25, -0.2) is 0 Å². The second kappa shape index (κ2) is 5.42. The second-order valence-corrected chi connectivity index (χ2v) is 3.76. The number of aryl methyl sites for hydroxylation is 1. The Morgan fingerprint density at radius 2 is 1.81 bits per heavy atom. The molecule has 16 heavy (non-hydrogen) atoms. The van der Waals surface area contributed by atoms with E-state index in [0.29, 0.717) is 0 Å². The van der Waals surface area contributed by atoms with Crippen molar-refractivity contribution in [3.8, 4) is 11.1 Å². The van der Waals surface area contributed by atoms with Gasteiger partial charge >= 0.3 is 0 Å². The van der Waals surface area contributed by atoms with Gasteiger partial charge in [0.15, 0.2) is 0 Å². The molecular weight excluding hydrogens is 198 g/mol. The number of rotatable bonds is 4. The Morgan fingerprint density at radius 3 is 2.56 bits per heavy atom. The third-order valence-electron chi connectivity index (χ3n) is 2.56. The molecule has 2 rings (SSSR count). The number of aliphatic hydroxyl groups is 1. The standard InChI is InChI=1S/C14H15NO/c16-10-2-4-12-3-1-5-14(11-12)13-6-8-15-9-7-13/h1,3,5-9,11,16H,2,4,10H2. The average Bonchev–Trinajstić information content (AvgIpc) is 2.38. The maximum Gasteiger partial charge on any atom is 0.0434 e. The lowest BCUT2D eigenvalue weighted by atomic mass is 10.0. The third kappa shape index (κ3) is 2.67. The maximum atomic E-state index is 8.81. The smallest absolute Gasteiger partial charge is 0.0434 e. The van der Waals surface area contributed by atoms with Gasteiger partial charge in [0, 0.05) is 19.0 Å². The van der Waals surface area contributed by atoms with Crippen molar-refractivity contribution in [2.24, 2.45) is 0 Å². The van der Waals surface area contributed by atoms with Crippen LogP contribution in [0.5, 0.6) is 0 Å². The summed E-state index contributed by atoms with van der Waals surface area (Å²) in [7, 11) is 0. The van der Waals surface area contributed by atoms with E-state index in [1.807, 2.05) is 12.1 Å². The number of nitrogens with zero attached hydrogens (tertiary/aromatic N) is 1. The lowest BCUT2D eigenvalue weighted by molar-refractivity contribution is 0.288. The number of benzene rings is 1. The van der Waals surface area contributed by atoms with Gasteiger partial charge in [0.25, 0.3) is 0 Å². The molecule has 2 nitrogen and oxygen atoms in total. The van der Waals surface area contributed by atoms with E-state index in [4.69, 9.17) is 5.11 Å². The largest absolute Gasteiger partial charge is 0.396 e. The summed E-state index contributed by atoms with van der Waals surface area (Å²) in [4.78, 5) is 4.01. The zero-order valence-electron chi connectivity index (χ0n) is 9.13. The molecule has 0 atom stereocenters. The van der Waals surface area contributed by atoms with Gasteiger partial charge in [-0.1, -0.05) is 24.3 Å². The first-order valence-corrected chi connectivity index (χ1v) is 5.50. The van der Waals surface area contributed by atoms with Gasteiger partial charge in [0.05, 0.1) is 0 Å². The number of aromatic nitrogens is 1. The van der Waals surface area contributed by atoms with Gasteiger partial charge in [0.1, 0.15) is 0 Å². The molecule has 82 valence electrons. The molecule has 0 saturated carbocycles.